The van der Waals surface area contributed by atoms with Gasteiger partial charge in [0.2, 0.25) is 0 Å². The summed E-state index contributed by atoms with van der Waals surface area (Å²) in [6.45, 7) is 0. The van der Waals surface area contributed by atoms with Crippen molar-refractivity contribution < 1.29 is 14.4 Å². The lowest BCUT2D eigenvalue weighted by Crippen LogP contribution is -2.36. The van der Waals surface area contributed by atoms with Crippen molar-refractivity contribution in [2.24, 2.45) is 0 Å². The molecule has 21 heavy (non-hydrogen) atoms. The number of nitrogen functional groups attached to an aromatic ring is 1. The molecule has 0 saturated heterocycles. The minimum atomic E-state index is -0.680. The van der Waals surface area contributed by atoms with E-state index in [4.69, 9.17) is 5.73 Å². The highest BCUT2D eigenvalue weighted by Gasteiger charge is 2.41. The molecule has 0 atom stereocenters. The van der Waals surface area contributed by atoms with Crippen LogP contribution in [0.1, 0.15) is 31.1 Å². The summed E-state index contributed by atoms with van der Waals surface area (Å²) in [6.07, 6.45) is 0. The molecule has 0 aliphatic carbocycles. The van der Waals surface area contributed by atoms with E-state index in [1.165, 1.54) is 12.1 Å². The standard InChI is InChI=1S/C15H9BrN2O3/c16-9-6-4-8(5-7-9)13(19)18-14(20)10-2-1-3-11(17)12(10)15(18)21/h1-7H,17H2. The average molecular weight is 345 g/mol. The van der Waals surface area contributed by atoms with Crippen LogP contribution in [0, 0.1) is 0 Å². The van der Waals surface area contributed by atoms with Gasteiger partial charge in [0, 0.05) is 15.7 Å². The number of nitrogens with two attached hydrogens (primary N) is 1. The number of hydrogen-bond donors (Lipinski definition) is 1. The maximum atomic E-state index is 12.4. The number of imide groups is 3. The Balaban J connectivity index is 2.04. The molecule has 3 amide bonds. The highest BCUT2D eigenvalue weighted by Crippen LogP contribution is 2.28. The summed E-state index contributed by atoms with van der Waals surface area (Å²) in [5.41, 5.74) is 6.42. The van der Waals surface area contributed by atoms with Crippen LogP contribution < -0.4 is 5.73 Å². The average Bonchev–Trinajstić information content (AvgIpc) is 2.72. The zero-order valence-corrected chi connectivity index (χ0v) is 12.3. The molecule has 0 saturated carbocycles. The highest BCUT2D eigenvalue weighted by molar-refractivity contribution is 9.10. The molecule has 0 bridgehead atoms. The lowest BCUT2D eigenvalue weighted by molar-refractivity contribution is 0.0566. The van der Waals surface area contributed by atoms with Gasteiger partial charge < -0.3 is 5.73 Å². The minimum absolute atomic E-state index is 0.0907. The van der Waals surface area contributed by atoms with E-state index in [1.807, 2.05) is 0 Å². The van der Waals surface area contributed by atoms with E-state index in [-0.39, 0.29) is 22.4 Å². The van der Waals surface area contributed by atoms with E-state index in [0.717, 1.165) is 4.47 Å². The van der Waals surface area contributed by atoms with Crippen molar-refractivity contribution in [1.82, 2.24) is 4.90 Å². The topological polar surface area (TPSA) is 80.5 Å². The van der Waals surface area contributed by atoms with Crippen molar-refractivity contribution in [3.8, 4) is 0 Å². The molecule has 0 spiro atoms. The van der Waals surface area contributed by atoms with Crippen LogP contribution in [0.5, 0.6) is 0 Å². The van der Waals surface area contributed by atoms with Crippen molar-refractivity contribution in [3.05, 3.63) is 63.6 Å². The third-order valence-electron chi connectivity index (χ3n) is 3.24. The summed E-state index contributed by atoms with van der Waals surface area (Å²) < 4.78 is 0.797. The summed E-state index contributed by atoms with van der Waals surface area (Å²) in [7, 11) is 0. The van der Waals surface area contributed by atoms with E-state index < -0.39 is 17.7 Å². The van der Waals surface area contributed by atoms with Crippen LogP contribution >= 0.6 is 15.9 Å². The third-order valence-corrected chi connectivity index (χ3v) is 3.77. The van der Waals surface area contributed by atoms with E-state index >= 15 is 0 Å². The smallest absolute Gasteiger partial charge is 0.270 e. The van der Waals surface area contributed by atoms with Gasteiger partial charge in [-0.05, 0) is 36.4 Å². The van der Waals surface area contributed by atoms with Gasteiger partial charge in [-0.3, -0.25) is 14.4 Å². The number of carbonyl (C=O) groups excluding carboxylic acids is 3. The minimum Gasteiger partial charge on any atom is -0.398 e. The lowest BCUT2D eigenvalue weighted by Gasteiger charge is -2.11. The maximum Gasteiger partial charge on any atom is 0.270 e. The molecule has 1 aliphatic rings. The molecule has 5 nitrogen and oxygen atoms in total. The zero-order valence-electron chi connectivity index (χ0n) is 10.7. The first-order chi connectivity index (χ1) is 10.0. The second-order valence-electron chi connectivity index (χ2n) is 4.53. The molecule has 6 heteroatoms. The molecule has 1 aliphatic heterocycles. The Morgan fingerprint density at radius 3 is 2.29 bits per heavy atom. The monoisotopic (exact) mass is 344 g/mol. The molecule has 1 heterocycles. The van der Waals surface area contributed by atoms with E-state index in [1.54, 1.807) is 30.3 Å². The predicted octanol–water partition coefficient (Wildman–Crippen LogP) is 2.47. The number of hydrogen-bond acceptors (Lipinski definition) is 4. The van der Waals surface area contributed by atoms with Gasteiger partial charge in [0.05, 0.1) is 11.1 Å². The summed E-state index contributed by atoms with van der Waals surface area (Å²) in [5.74, 6) is -1.98. The Labute approximate surface area is 128 Å². The molecule has 0 radical (unpaired) electrons. The van der Waals surface area contributed by atoms with Crippen molar-refractivity contribution in [2.45, 2.75) is 0 Å². The Morgan fingerprint density at radius 1 is 1.00 bits per heavy atom. The van der Waals surface area contributed by atoms with E-state index in [0.29, 0.717) is 4.90 Å². The Hall–Kier alpha value is -2.47. The number of anilines is 1. The Morgan fingerprint density at radius 2 is 1.67 bits per heavy atom. The highest BCUT2D eigenvalue weighted by atomic mass is 79.9. The van der Waals surface area contributed by atoms with Crippen molar-refractivity contribution >= 4 is 39.3 Å². The largest absolute Gasteiger partial charge is 0.398 e. The molecule has 3 rings (SSSR count). The van der Waals surface area contributed by atoms with Crippen LogP contribution in [-0.2, 0) is 0 Å². The van der Waals surface area contributed by atoms with Gasteiger partial charge in [-0.15, -0.1) is 0 Å². The van der Waals surface area contributed by atoms with Gasteiger partial charge in [0.25, 0.3) is 17.7 Å². The fourth-order valence-electron chi connectivity index (χ4n) is 2.22. The van der Waals surface area contributed by atoms with Crippen LogP contribution in [-0.4, -0.2) is 22.6 Å². The SMILES string of the molecule is Nc1cccc2c1C(=O)N(C(=O)c1ccc(Br)cc1)C2=O. The second kappa shape index (κ2) is 4.82. The second-order valence-corrected chi connectivity index (χ2v) is 5.44. The molecule has 2 aromatic rings. The van der Waals surface area contributed by atoms with Gasteiger partial charge in [-0.1, -0.05) is 22.0 Å². The quantitative estimate of drug-likeness (QED) is 0.636. The van der Waals surface area contributed by atoms with E-state index in [2.05, 4.69) is 15.9 Å². The molecular formula is C15H9BrN2O3. The zero-order chi connectivity index (χ0) is 15.1. The number of nitrogens with zero attached hydrogens (tertiary/aromatic N) is 1. The molecular weight excluding hydrogens is 336 g/mol. The lowest BCUT2D eigenvalue weighted by atomic mass is 10.1. The van der Waals surface area contributed by atoms with Crippen LogP contribution in [0.15, 0.2) is 46.9 Å². The first-order valence-corrected chi connectivity index (χ1v) is 6.87. The molecule has 104 valence electrons. The van der Waals surface area contributed by atoms with Crippen molar-refractivity contribution in [2.75, 3.05) is 5.73 Å². The number of amides is 3. The normalized spacial score (nSPS) is 13.5. The predicted molar refractivity (Wildman–Crippen MR) is 79.8 cm³/mol. The van der Waals surface area contributed by atoms with Gasteiger partial charge in [-0.25, -0.2) is 4.90 Å². The summed E-state index contributed by atoms with van der Waals surface area (Å²) >= 11 is 3.26. The van der Waals surface area contributed by atoms with Gasteiger partial charge in [-0.2, -0.15) is 0 Å². The Bertz CT molecular complexity index is 784. The van der Waals surface area contributed by atoms with E-state index in [9.17, 15) is 14.4 Å². The van der Waals surface area contributed by atoms with Crippen LogP contribution in [0.2, 0.25) is 0 Å². The fourth-order valence-corrected chi connectivity index (χ4v) is 2.48. The van der Waals surface area contributed by atoms with Gasteiger partial charge in [0.1, 0.15) is 0 Å². The van der Waals surface area contributed by atoms with Crippen molar-refractivity contribution in [3.63, 3.8) is 0 Å². The molecule has 0 fully saturated rings. The summed E-state index contributed by atoms with van der Waals surface area (Å²) in [6, 6.07) is 11.0. The fraction of sp³-hybridized carbons (Fsp3) is 0. The van der Waals surface area contributed by atoms with Gasteiger partial charge >= 0.3 is 0 Å². The number of halogens is 1. The third kappa shape index (κ3) is 2.04. The van der Waals surface area contributed by atoms with Crippen LogP contribution in [0.3, 0.4) is 0 Å². The first kappa shape index (κ1) is 13.5. The Kier molecular flexibility index (Phi) is 3.10. The number of carbonyl (C=O) groups is 3. The van der Waals surface area contributed by atoms with Crippen molar-refractivity contribution in [1.29, 1.82) is 0 Å². The summed E-state index contributed by atoms with van der Waals surface area (Å²) in [4.78, 5) is 37.6. The maximum absolute atomic E-state index is 12.4. The van der Waals surface area contributed by atoms with Crippen LogP contribution in [0.25, 0.3) is 0 Å². The number of rotatable bonds is 1. The molecule has 0 aromatic heterocycles. The first-order valence-electron chi connectivity index (χ1n) is 6.08. The number of benzene rings is 2. The molecule has 2 aromatic carbocycles. The molecule has 0 unspecified atom stereocenters. The molecule has 2 N–H and O–H groups in total. The number of fused-ring (bicyclic) bond motifs is 1. The van der Waals surface area contributed by atoms with Gasteiger partial charge in [0.15, 0.2) is 0 Å². The summed E-state index contributed by atoms with van der Waals surface area (Å²) in [5, 5.41) is 0. The van der Waals surface area contributed by atoms with Crippen LogP contribution in [0.4, 0.5) is 5.69 Å².